The highest BCUT2D eigenvalue weighted by molar-refractivity contribution is 5.77. The Hall–Kier alpha value is -1.35. The monoisotopic (exact) mass is 260 g/mol. The highest BCUT2D eigenvalue weighted by atomic mass is 16.2. The lowest BCUT2D eigenvalue weighted by Crippen LogP contribution is -2.42. The number of benzene rings is 1. The lowest BCUT2D eigenvalue weighted by Gasteiger charge is -2.40. The van der Waals surface area contributed by atoms with Crippen LogP contribution in [0.2, 0.25) is 0 Å². The molecule has 2 N–H and O–H groups in total. The smallest absolute Gasteiger partial charge is 0.224 e. The van der Waals surface area contributed by atoms with Crippen molar-refractivity contribution in [3.05, 3.63) is 35.4 Å². The van der Waals surface area contributed by atoms with Crippen LogP contribution in [0.25, 0.3) is 0 Å². The molecule has 0 radical (unpaired) electrons. The van der Waals surface area contributed by atoms with E-state index in [2.05, 4.69) is 38.1 Å². The van der Waals surface area contributed by atoms with Crippen LogP contribution in [0, 0.1) is 12.8 Å². The van der Waals surface area contributed by atoms with Crippen LogP contribution in [-0.2, 0) is 4.79 Å². The first-order valence-corrected chi connectivity index (χ1v) is 7.19. The molecule has 2 rings (SSSR count). The lowest BCUT2D eigenvalue weighted by molar-refractivity contribution is -0.136. The molecule has 1 aromatic rings. The Morgan fingerprint density at radius 2 is 2.05 bits per heavy atom. The Labute approximate surface area is 115 Å². The Morgan fingerprint density at radius 3 is 2.68 bits per heavy atom. The fourth-order valence-electron chi connectivity index (χ4n) is 3.01. The van der Waals surface area contributed by atoms with Gasteiger partial charge in [-0.1, -0.05) is 36.8 Å². The quantitative estimate of drug-likeness (QED) is 0.908. The van der Waals surface area contributed by atoms with E-state index in [0.29, 0.717) is 18.9 Å². The minimum absolute atomic E-state index is 0.194. The molecule has 1 heterocycles. The van der Waals surface area contributed by atoms with Gasteiger partial charge in [0.1, 0.15) is 0 Å². The molecule has 0 saturated carbocycles. The molecule has 1 aromatic carbocycles. The van der Waals surface area contributed by atoms with E-state index in [4.69, 9.17) is 5.73 Å². The van der Waals surface area contributed by atoms with E-state index in [-0.39, 0.29) is 11.9 Å². The fourth-order valence-corrected chi connectivity index (χ4v) is 3.01. The maximum absolute atomic E-state index is 12.2. The van der Waals surface area contributed by atoms with Crippen molar-refractivity contribution in [2.24, 2.45) is 11.7 Å². The molecule has 1 fully saturated rings. The minimum atomic E-state index is 0.194. The average Bonchev–Trinajstić information content (AvgIpc) is 2.40. The van der Waals surface area contributed by atoms with Gasteiger partial charge in [0.2, 0.25) is 5.91 Å². The fraction of sp³-hybridized carbons (Fsp3) is 0.562. The number of likely N-dealkylation sites (tertiary alicyclic amines) is 1. The standard InChI is InChI=1S/C16H24N2O/c1-12-5-7-14(8-6-12)16-13(2)4-3-11-18(16)15(19)9-10-17/h5-8,13,16H,3-4,9-11,17H2,1-2H3. The summed E-state index contributed by atoms with van der Waals surface area (Å²) in [5.41, 5.74) is 8.04. The molecule has 0 aromatic heterocycles. The van der Waals surface area contributed by atoms with E-state index in [1.54, 1.807) is 0 Å². The van der Waals surface area contributed by atoms with Crippen molar-refractivity contribution in [1.29, 1.82) is 0 Å². The number of aryl methyl sites for hydroxylation is 1. The lowest BCUT2D eigenvalue weighted by atomic mass is 9.85. The van der Waals surface area contributed by atoms with E-state index in [9.17, 15) is 4.79 Å². The second-order valence-electron chi connectivity index (χ2n) is 5.60. The van der Waals surface area contributed by atoms with Crippen LogP contribution < -0.4 is 5.73 Å². The van der Waals surface area contributed by atoms with Crippen molar-refractivity contribution in [3.63, 3.8) is 0 Å². The summed E-state index contributed by atoms with van der Waals surface area (Å²) in [7, 11) is 0. The molecule has 0 spiro atoms. The summed E-state index contributed by atoms with van der Waals surface area (Å²) in [6.07, 6.45) is 2.74. The van der Waals surface area contributed by atoms with Crippen LogP contribution in [0.5, 0.6) is 0 Å². The van der Waals surface area contributed by atoms with Gasteiger partial charge in [0.15, 0.2) is 0 Å². The van der Waals surface area contributed by atoms with Gasteiger partial charge in [0.25, 0.3) is 0 Å². The molecule has 1 saturated heterocycles. The molecular weight excluding hydrogens is 236 g/mol. The third kappa shape index (κ3) is 3.16. The molecule has 3 heteroatoms. The molecule has 19 heavy (non-hydrogen) atoms. The highest BCUT2D eigenvalue weighted by Crippen LogP contribution is 2.36. The maximum Gasteiger partial charge on any atom is 0.224 e. The normalized spacial score (nSPS) is 23.4. The van der Waals surface area contributed by atoms with Gasteiger partial charge in [0, 0.05) is 19.5 Å². The van der Waals surface area contributed by atoms with E-state index in [1.165, 1.54) is 17.5 Å². The number of nitrogens with zero attached hydrogens (tertiary/aromatic N) is 1. The van der Waals surface area contributed by atoms with Gasteiger partial charge >= 0.3 is 0 Å². The van der Waals surface area contributed by atoms with E-state index >= 15 is 0 Å². The number of piperidine rings is 1. The predicted octanol–water partition coefficient (Wildman–Crippen LogP) is 2.64. The molecule has 0 bridgehead atoms. The zero-order chi connectivity index (χ0) is 13.8. The number of amides is 1. The van der Waals surface area contributed by atoms with Crippen LogP contribution in [0.1, 0.15) is 43.4 Å². The number of carbonyl (C=O) groups excluding carboxylic acids is 1. The third-order valence-electron chi connectivity index (χ3n) is 4.03. The Balaban J connectivity index is 2.25. The first kappa shape index (κ1) is 14.1. The average molecular weight is 260 g/mol. The topological polar surface area (TPSA) is 46.3 Å². The molecule has 2 unspecified atom stereocenters. The molecule has 0 aliphatic carbocycles. The first-order chi connectivity index (χ1) is 9.13. The molecule has 2 atom stereocenters. The second-order valence-corrected chi connectivity index (χ2v) is 5.60. The van der Waals surface area contributed by atoms with Crippen molar-refractivity contribution in [2.75, 3.05) is 13.1 Å². The van der Waals surface area contributed by atoms with Crippen LogP contribution >= 0.6 is 0 Å². The number of rotatable bonds is 3. The van der Waals surface area contributed by atoms with Gasteiger partial charge in [-0.3, -0.25) is 4.79 Å². The van der Waals surface area contributed by atoms with Gasteiger partial charge in [-0.05, 0) is 31.2 Å². The van der Waals surface area contributed by atoms with Crippen LogP contribution in [-0.4, -0.2) is 23.9 Å². The zero-order valence-corrected chi connectivity index (χ0v) is 11.9. The van der Waals surface area contributed by atoms with E-state index in [0.717, 1.165) is 13.0 Å². The van der Waals surface area contributed by atoms with Crippen molar-refractivity contribution in [2.45, 2.75) is 39.2 Å². The Morgan fingerprint density at radius 1 is 1.37 bits per heavy atom. The van der Waals surface area contributed by atoms with Crippen molar-refractivity contribution < 1.29 is 4.79 Å². The van der Waals surface area contributed by atoms with Crippen LogP contribution in [0.15, 0.2) is 24.3 Å². The number of hydrogen-bond donors (Lipinski definition) is 1. The number of carbonyl (C=O) groups is 1. The van der Waals surface area contributed by atoms with Gasteiger partial charge in [-0.25, -0.2) is 0 Å². The third-order valence-corrected chi connectivity index (χ3v) is 4.03. The summed E-state index contributed by atoms with van der Waals surface area (Å²) in [5.74, 6) is 0.706. The summed E-state index contributed by atoms with van der Waals surface area (Å²) in [4.78, 5) is 14.3. The summed E-state index contributed by atoms with van der Waals surface area (Å²) in [6.45, 7) is 5.63. The van der Waals surface area contributed by atoms with Gasteiger partial charge in [0.05, 0.1) is 6.04 Å². The Bertz CT molecular complexity index is 427. The molecule has 1 aliphatic rings. The summed E-state index contributed by atoms with van der Waals surface area (Å²) < 4.78 is 0. The molecule has 104 valence electrons. The highest BCUT2D eigenvalue weighted by Gasteiger charge is 2.32. The SMILES string of the molecule is Cc1ccc(C2C(C)CCCN2C(=O)CCN)cc1. The molecular formula is C16H24N2O. The second kappa shape index (κ2) is 6.20. The van der Waals surface area contributed by atoms with Crippen LogP contribution in [0.3, 0.4) is 0 Å². The van der Waals surface area contributed by atoms with Gasteiger partial charge in [-0.15, -0.1) is 0 Å². The van der Waals surface area contributed by atoms with Crippen molar-refractivity contribution >= 4 is 5.91 Å². The van der Waals surface area contributed by atoms with Gasteiger partial charge in [-0.2, -0.15) is 0 Å². The van der Waals surface area contributed by atoms with Crippen molar-refractivity contribution in [3.8, 4) is 0 Å². The molecule has 3 nitrogen and oxygen atoms in total. The minimum Gasteiger partial charge on any atom is -0.335 e. The van der Waals surface area contributed by atoms with Gasteiger partial charge < -0.3 is 10.6 Å². The largest absolute Gasteiger partial charge is 0.335 e. The maximum atomic E-state index is 12.2. The summed E-state index contributed by atoms with van der Waals surface area (Å²) >= 11 is 0. The Kier molecular flexibility index (Phi) is 4.59. The van der Waals surface area contributed by atoms with Crippen molar-refractivity contribution in [1.82, 2.24) is 4.90 Å². The molecule has 1 amide bonds. The number of hydrogen-bond acceptors (Lipinski definition) is 2. The number of nitrogens with two attached hydrogens (primary N) is 1. The zero-order valence-electron chi connectivity index (χ0n) is 11.9. The van der Waals surface area contributed by atoms with E-state index in [1.807, 2.05) is 4.90 Å². The summed E-state index contributed by atoms with van der Waals surface area (Å²) in [5, 5.41) is 0. The van der Waals surface area contributed by atoms with E-state index < -0.39 is 0 Å². The van der Waals surface area contributed by atoms with Crippen LogP contribution in [0.4, 0.5) is 0 Å². The molecule has 1 aliphatic heterocycles. The predicted molar refractivity (Wildman–Crippen MR) is 77.7 cm³/mol. The summed E-state index contributed by atoms with van der Waals surface area (Å²) in [6, 6.07) is 8.79. The first-order valence-electron chi connectivity index (χ1n) is 7.19.